The minimum absolute atomic E-state index is 0.0352. The van der Waals surface area contributed by atoms with Crippen LogP contribution in [0.25, 0.3) is 22.3 Å². The second-order valence-corrected chi connectivity index (χ2v) is 18.2. The molecule has 6 heterocycles. The van der Waals surface area contributed by atoms with Gasteiger partial charge in [0.1, 0.15) is 35.2 Å². The number of nitrogens with one attached hydrogen (secondary N) is 2. The number of benzene rings is 2. The van der Waals surface area contributed by atoms with Gasteiger partial charge >= 0.3 is 0 Å². The van der Waals surface area contributed by atoms with Gasteiger partial charge < -0.3 is 24.2 Å². The monoisotopic (exact) mass is 819 g/mol. The molecule has 316 valence electrons. The number of piperidine rings is 2. The molecular weight excluding hydrogens is 766 g/mol. The van der Waals surface area contributed by atoms with Crippen LogP contribution in [0, 0.1) is 11.7 Å². The van der Waals surface area contributed by atoms with E-state index in [2.05, 4.69) is 60.1 Å². The Hall–Kier alpha value is -5.15. The predicted octanol–water partition coefficient (Wildman–Crippen LogP) is 5.61. The largest absolute Gasteiger partial charge is 0.488 e. The maximum Gasteiger partial charge on any atom is 0.255 e. The Bertz CT molecular complexity index is 2300. The third-order valence-corrected chi connectivity index (χ3v) is 13.9. The lowest BCUT2D eigenvalue weighted by molar-refractivity contribution is -0.136. The molecule has 1 unspecified atom stereocenters. The number of fused-ring (bicyclic) bond motifs is 2. The van der Waals surface area contributed by atoms with Crippen LogP contribution in [0.3, 0.4) is 0 Å². The van der Waals surface area contributed by atoms with Gasteiger partial charge in [0, 0.05) is 74.3 Å². The number of hydrogen-bond acceptors (Lipinski definition) is 11. The molecule has 6 aliphatic rings. The fourth-order valence-electron chi connectivity index (χ4n) is 10.1. The highest BCUT2D eigenvalue weighted by Gasteiger charge is 2.42. The highest BCUT2D eigenvalue weighted by Crippen LogP contribution is 2.41. The minimum atomic E-state index is -0.763. The smallest absolute Gasteiger partial charge is 0.255 e. The molecule has 14 nitrogen and oxygen atoms in total. The molecule has 10 rings (SSSR count). The van der Waals surface area contributed by atoms with Crippen molar-refractivity contribution < 1.29 is 28.2 Å². The molecule has 2 saturated carbocycles. The Morgan fingerprint density at radius 3 is 2.47 bits per heavy atom. The molecule has 0 radical (unpaired) electrons. The summed E-state index contributed by atoms with van der Waals surface area (Å²) in [6.07, 6.45) is 11.1. The number of aromatic nitrogens is 4. The van der Waals surface area contributed by atoms with Crippen molar-refractivity contribution in [3.63, 3.8) is 0 Å². The van der Waals surface area contributed by atoms with Crippen molar-refractivity contribution in [2.45, 2.75) is 114 Å². The first-order valence-corrected chi connectivity index (χ1v) is 21.9. The summed E-state index contributed by atoms with van der Waals surface area (Å²) in [5.41, 5.74) is 3.65. The van der Waals surface area contributed by atoms with Gasteiger partial charge in [-0.2, -0.15) is 5.10 Å². The summed E-state index contributed by atoms with van der Waals surface area (Å²) in [6, 6.07) is 11.0. The Morgan fingerprint density at radius 1 is 0.900 bits per heavy atom. The maximum atomic E-state index is 16.1. The third-order valence-electron chi connectivity index (χ3n) is 13.9. The molecule has 3 saturated heterocycles. The number of hydrogen-bond donors (Lipinski definition) is 2. The lowest BCUT2D eigenvalue weighted by atomic mass is 9.86. The van der Waals surface area contributed by atoms with Crippen LogP contribution in [0.15, 0.2) is 42.7 Å². The molecule has 60 heavy (non-hydrogen) atoms. The number of anilines is 2. The van der Waals surface area contributed by atoms with Gasteiger partial charge in [-0.1, -0.05) is 0 Å². The van der Waals surface area contributed by atoms with Crippen molar-refractivity contribution in [2.75, 3.05) is 49.1 Å². The topological polar surface area (TPSA) is 149 Å². The van der Waals surface area contributed by atoms with Crippen molar-refractivity contribution >= 4 is 40.1 Å². The number of amides is 3. The highest BCUT2D eigenvalue weighted by molar-refractivity contribution is 6.05. The van der Waals surface area contributed by atoms with Crippen LogP contribution in [0.4, 0.5) is 15.9 Å². The molecule has 15 heteroatoms. The quantitative estimate of drug-likeness (QED) is 0.193. The lowest BCUT2D eigenvalue weighted by Gasteiger charge is -2.43. The van der Waals surface area contributed by atoms with Gasteiger partial charge in [0.15, 0.2) is 5.82 Å². The summed E-state index contributed by atoms with van der Waals surface area (Å²) in [4.78, 5) is 54.9. The van der Waals surface area contributed by atoms with Crippen LogP contribution in [-0.2, 0) is 20.9 Å². The molecular formula is C45H54FN9O5. The number of carbonyl (C=O) groups excluding carboxylic acids is 3. The van der Waals surface area contributed by atoms with E-state index in [-0.39, 0.29) is 54.8 Å². The van der Waals surface area contributed by atoms with Crippen LogP contribution < -0.4 is 19.9 Å². The molecule has 0 bridgehead atoms. The summed E-state index contributed by atoms with van der Waals surface area (Å²) in [6.45, 7) is 9.44. The van der Waals surface area contributed by atoms with Gasteiger partial charge in [-0.05, 0) is 108 Å². The number of halogens is 1. The van der Waals surface area contributed by atoms with Crippen molar-refractivity contribution in [2.24, 2.45) is 5.92 Å². The van der Waals surface area contributed by atoms with E-state index in [1.165, 1.54) is 4.90 Å². The van der Waals surface area contributed by atoms with Gasteiger partial charge in [-0.3, -0.25) is 29.7 Å². The molecule has 3 amide bonds. The van der Waals surface area contributed by atoms with Gasteiger partial charge in [-0.25, -0.2) is 14.4 Å². The van der Waals surface area contributed by atoms with Crippen LogP contribution >= 0.6 is 0 Å². The van der Waals surface area contributed by atoms with E-state index in [1.807, 2.05) is 18.2 Å². The Labute approximate surface area is 349 Å². The van der Waals surface area contributed by atoms with Crippen LogP contribution in [-0.4, -0.2) is 117 Å². The van der Waals surface area contributed by atoms with Crippen molar-refractivity contribution in [3.8, 4) is 17.1 Å². The number of rotatable bonds is 10. The summed E-state index contributed by atoms with van der Waals surface area (Å²) in [5, 5.41) is 11.1. The van der Waals surface area contributed by atoms with Crippen molar-refractivity contribution in [3.05, 3.63) is 59.7 Å². The summed E-state index contributed by atoms with van der Waals surface area (Å²) in [7, 11) is 0. The normalized spacial score (nSPS) is 26.1. The Morgan fingerprint density at radius 2 is 1.70 bits per heavy atom. The summed E-state index contributed by atoms with van der Waals surface area (Å²) >= 11 is 0. The second-order valence-electron chi connectivity index (χ2n) is 18.2. The second kappa shape index (κ2) is 15.7. The van der Waals surface area contributed by atoms with E-state index in [0.717, 1.165) is 111 Å². The lowest BCUT2D eigenvalue weighted by Crippen LogP contribution is -2.53. The Kier molecular flexibility index (Phi) is 10.2. The van der Waals surface area contributed by atoms with Gasteiger partial charge in [0.2, 0.25) is 11.8 Å². The Balaban J connectivity index is 0.678. The fraction of sp³-hybridized carbons (Fsp3) is 0.556. The predicted molar refractivity (Wildman–Crippen MR) is 223 cm³/mol. The number of aromatic amines is 1. The van der Waals surface area contributed by atoms with Gasteiger partial charge in [-0.15, -0.1) is 0 Å². The zero-order valence-corrected chi connectivity index (χ0v) is 34.5. The van der Waals surface area contributed by atoms with Gasteiger partial charge in [0.05, 0.1) is 35.7 Å². The van der Waals surface area contributed by atoms with Crippen molar-refractivity contribution in [1.29, 1.82) is 0 Å². The molecule has 4 aromatic rings. The van der Waals surface area contributed by atoms with E-state index in [1.54, 1.807) is 18.5 Å². The molecule has 5 fully saturated rings. The average molecular weight is 820 g/mol. The molecule has 2 aromatic heterocycles. The number of imide groups is 1. The first-order chi connectivity index (χ1) is 29.1. The van der Waals surface area contributed by atoms with E-state index in [0.29, 0.717) is 41.9 Å². The zero-order chi connectivity index (χ0) is 41.1. The SMILES string of the molecule is C[C@H]1CN(c2ccc3c(c2F)CN(C2CCC(=O)NC2=O)C3=O)CCN1CC1CCC(OC2CCN(c3cc(-c4n[nH]c5ccc(OC6(C)CC6)cc45)ncn3)CC2)CC1. The molecule has 2 atom stereocenters. The first-order valence-electron chi connectivity index (χ1n) is 21.9. The zero-order valence-electron chi connectivity index (χ0n) is 34.5. The summed E-state index contributed by atoms with van der Waals surface area (Å²) in [5.74, 6) is 0.809. The molecule has 2 N–H and O–H groups in total. The van der Waals surface area contributed by atoms with E-state index < -0.39 is 11.9 Å². The van der Waals surface area contributed by atoms with Crippen LogP contribution in [0.5, 0.6) is 5.75 Å². The molecule has 4 aliphatic heterocycles. The molecule has 2 aliphatic carbocycles. The van der Waals surface area contributed by atoms with Crippen LogP contribution in [0.1, 0.15) is 94.0 Å². The third kappa shape index (κ3) is 7.70. The number of nitrogens with zero attached hydrogens (tertiary/aromatic N) is 7. The molecule has 2 aromatic carbocycles. The standard InChI is InChI=1S/C45H54FN9O5/c1-27-23-54(37-10-8-32-34(41(37)46)25-55(44(32)58)38-11-12-40(56)49-43(38)57)20-19-53(27)24-28-3-5-29(6-4-28)59-30-13-17-52(18-14-30)39-22-36(47-26-48-39)42-33-21-31(60-45(2)15-16-45)7-9-35(33)50-51-42/h7-10,21-22,26-30,38H,3-6,11-20,23-25H2,1-2H3,(H,50,51)(H,49,56,57)/t27-,28?,29?,38?/m0/s1. The van der Waals surface area contributed by atoms with Crippen molar-refractivity contribution in [1.82, 2.24) is 35.3 Å². The van der Waals surface area contributed by atoms with E-state index >= 15 is 4.39 Å². The number of carbonyl (C=O) groups is 3. The molecule has 0 spiro atoms. The number of ether oxygens (including phenoxy) is 2. The summed E-state index contributed by atoms with van der Waals surface area (Å²) < 4.78 is 29.0. The van der Waals surface area contributed by atoms with Crippen LogP contribution in [0.2, 0.25) is 0 Å². The minimum Gasteiger partial charge on any atom is -0.488 e. The highest BCUT2D eigenvalue weighted by atomic mass is 19.1. The maximum absolute atomic E-state index is 16.1. The fourth-order valence-corrected chi connectivity index (χ4v) is 10.1. The average Bonchev–Trinajstić information content (AvgIpc) is 3.66. The number of piperazine rings is 1. The number of H-pyrrole nitrogens is 1. The van der Waals surface area contributed by atoms with E-state index in [9.17, 15) is 14.4 Å². The first kappa shape index (κ1) is 39.0. The van der Waals surface area contributed by atoms with Gasteiger partial charge in [0.25, 0.3) is 5.91 Å². The van der Waals surface area contributed by atoms with E-state index in [4.69, 9.17) is 9.47 Å².